The molecule has 0 aliphatic carbocycles. The van der Waals surface area contributed by atoms with Gasteiger partial charge in [0.05, 0.1) is 12.7 Å². The number of methoxy groups -OCH3 is 1. The maximum absolute atomic E-state index is 11.1. The number of aromatic nitrogens is 1. The zero-order valence-corrected chi connectivity index (χ0v) is 11.3. The van der Waals surface area contributed by atoms with Crippen LogP contribution in [0.15, 0.2) is 36.4 Å². The number of ether oxygens (including phenoxy) is 2. The summed E-state index contributed by atoms with van der Waals surface area (Å²) in [5.41, 5.74) is 0.841. The summed E-state index contributed by atoms with van der Waals surface area (Å²) in [6.45, 7) is 1.91. The monoisotopic (exact) mass is 273 g/mol. The number of carbonyl (C=O) groups is 1. The van der Waals surface area contributed by atoms with Crippen LogP contribution in [0.2, 0.25) is 0 Å². The summed E-state index contributed by atoms with van der Waals surface area (Å²) < 4.78 is 10.6. The Balaban J connectivity index is 2.27. The van der Waals surface area contributed by atoms with Crippen molar-refractivity contribution in [1.82, 2.24) is 4.98 Å². The average molecular weight is 273 g/mol. The van der Waals surface area contributed by atoms with Gasteiger partial charge in [-0.3, -0.25) is 0 Å². The molecule has 0 atom stereocenters. The van der Waals surface area contributed by atoms with E-state index in [0.717, 1.165) is 5.75 Å². The molecule has 1 N–H and O–H groups in total. The van der Waals surface area contributed by atoms with Crippen LogP contribution in [0.4, 0.5) is 0 Å². The van der Waals surface area contributed by atoms with Crippen molar-refractivity contribution in [2.24, 2.45) is 0 Å². The summed E-state index contributed by atoms with van der Waals surface area (Å²) in [5.74, 6) is 0.565. The van der Waals surface area contributed by atoms with Crippen molar-refractivity contribution in [3.8, 4) is 17.4 Å². The lowest BCUT2D eigenvalue weighted by Crippen LogP contribution is -2.01. The number of carboxylic acid groups (broad SMARTS) is 1. The zero-order chi connectivity index (χ0) is 14.5. The Morgan fingerprint density at radius 2 is 1.85 bits per heavy atom. The Morgan fingerprint density at radius 3 is 2.40 bits per heavy atom. The molecule has 5 heteroatoms. The molecule has 0 spiro atoms. The van der Waals surface area contributed by atoms with Gasteiger partial charge in [0, 0.05) is 11.8 Å². The van der Waals surface area contributed by atoms with Crippen LogP contribution in [0.5, 0.6) is 17.4 Å². The molecule has 5 nitrogen and oxygen atoms in total. The first kappa shape index (κ1) is 13.9. The number of pyridine rings is 1. The van der Waals surface area contributed by atoms with E-state index in [0.29, 0.717) is 17.9 Å². The van der Waals surface area contributed by atoms with Gasteiger partial charge in [0.15, 0.2) is 0 Å². The number of hydrogen-bond donors (Lipinski definition) is 1. The zero-order valence-electron chi connectivity index (χ0n) is 11.3. The quantitative estimate of drug-likeness (QED) is 0.906. The van der Waals surface area contributed by atoms with Crippen LogP contribution in [-0.2, 0) is 6.42 Å². The van der Waals surface area contributed by atoms with E-state index < -0.39 is 5.97 Å². The third-order valence-electron chi connectivity index (χ3n) is 2.75. The van der Waals surface area contributed by atoms with Crippen molar-refractivity contribution >= 4 is 5.97 Å². The molecule has 0 bridgehead atoms. The molecule has 0 aliphatic heterocycles. The van der Waals surface area contributed by atoms with Gasteiger partial charge in [-0.15, -0.1) is 0 Å². The molecule has 1 aromatic heterocycles. The van der Waals surface area contributed by atoms with Gasteiger partial charge < -0.3 is 14.6 Å². The van der Waals surface area contributed by atoms with Crippen LogP contribution < -0.4 is 9.47 Å². The topological polar surface area (TPSA) is 68.7 Å². The van der Waals surface area contributed by atoms with E-state index >= 15 is 0 Å². The number of rotatable bonds is 5. The molecule has 0 unspecified atom stereocenters. The van der Waals surface area contributed by atoms with Gasteiger partial charge in [-0.2, -0.15) is 0 Å². The van der Waals surface area contributed by atoms with Crippen LogP contribution in [0.1, 0.15) is 23.0 Å². The van der Waals surface area contributed by atoms with Gasteiger partial charge in [0.2, 0.25) is 5.88 Å². The molecule has 0 radical (unpaired) electrons. The van der Waals surface area contributed by atoms with Crippen LogP contribution >= 0.6 is 0 Å². The number of aryl methyl sites for hydroxylation is 1. The Labute approximate surface area is 116 Å². The van der Waals surface area contributed by atoms with E-state index in [1.54, 1.807) is 37.4 Å². The molecular formula is C15H15NO4. The molecule has 1 heterocycles. The highest BCUT2D eigenvalue weighted by atomic mass is 16.5. The average Bonchev–Trinajstić information content (AvgIpc) is 2.47. The molecule has 0 fully saturated rings. The minimum Gasteiger partial charge on any atom is -0.497 e. The molecule has 0 saturated carbocycles. The number of nitrogens with zero attached hydrogens (tertiary/aromatic N) is 1. The van der Waals surface area contributed by atoms with Crippen LogP contribution in [0.3, 0.4) is 0 Å². The highest BCUT2D eigenvalue weighted by molar-refractivity contribution is 5.88. The van der Waals surface area contributed by atoms with Crippen LogP contribution in [0.25, 0.3) is 0 Å². The summed E-state index contributed by atoms with van der Waals surface area (Å²) >= 11 is 0. The predicted molar refractivity (Wildman–Crippen MR) is 73.6 cm³/mol. The minimum atomic E-state index is -0.998. The number of aromatic carboxylic acids is 1. The van der Waals surface area contributed by atoms with Gasteiger partial charge in [-0.05, 0) is 36.8 Å². The van der Waals surface area contributed by atoms with Gasteiger partial charge >= 0.3 is 5.97 Å². The lowest BCUT2D eigenvalue weighted by Gasteiger charge is -2.08. The third kappa shape index (κ3) is 3.26. The summed E-state index contributed by atoms with van der Waals surface area (Å²) in [7, 11) is 1.58. The van der Waals surface area contributed by atoms with E-state index in [1.807, 2.05) is 6.92 Å². The normalized spacial score (nSPS) is 10.1. The van der Waals surface area contributed by atoms with Crippen LogP contribution in [-0.4, -0.2) is 23.2 Å². The molecule has 2 rings (SSSR count). The van der Waals surface area contributed by atoms with E-state index in [9.17, 15) is 4.79 Å². The Morgan fingerprint density at radius 1 is 1.20 bits per heavy atom. The fourth-order valence-electron chi connectivity index (χ4n) is 1.68. The van der Waals surface area contributed by atoms with Crippen molar-refractivity contribution in [1.29, 1.82) is 0 Å². The second kappa shape index (κ2) is 6.06. The van der Waals surface area contributed by atoms with E-state index in [2.05, 4.69) is 4.98 Å². The van der Waals surface area contributed by atoms with Crippen LogP contribution in [0, 0.1) is 0 Å². The van der Waals surface area contributed by atoms with Gasteiger partial charge in [-0.25, -0.2) is 9.78 Å². The second-order valence-corrected chi connectivity index (χ2v) is 4.12. The predicted octanol–water partition coefficient (Wildman–Crippen LogP) is 3.14. The largest absolute Gasteiger partial charge is 0.497 e. The molecule has 0 amide bonds. The molecule has 20 heavy (non-hydrogen) atoms. The molecular weight excluding hydrogens is 258 g/mol. The van der Waals surface area contributed by atoms with E-state index in [-0.39, 0.29) is 11.4 Å². The van der Waals surface area contributed by atoms with Crippen molar-refractivity contribution in [2.45, 2.75) is 13.3 Å². The minimum absolute atomic E-state index is 0.167. The summed E-state index contributed by atoms with van der Waals surface area (Å²) in [5, 5.41) is 9.06. The van der Waals surface area contributed by atoms with Crippen molar-refractivity contribution in [3.05, 3.63) is 47.7 Å². The molecule has 104 valence electrons. The van der Waals surface area contributed by atoms with Crippen molar-refractivity contribution < 1.29 is 19.4 Å². The van der Waals surface area contributed by atoms with E-state index in [1.165, 1.54) is 6.07 Å². The summed E-state index contributed by atoms with van der Waals surface area (Å²) in [6.07, 6.45) is 0.639. The summed E-state index contributed by atoms with van der Waals surface area (Å²) in [4.78, 5) is 15.3. The standard InChI is InChI=1S/C15H15NO4/c1-3-11-8-10(15(17)18)9-14(16-11)20-13-6-4-12(19-2)5-7-13/h4-9H,3H2,1-2H3,(H,17,18). The maximum Gasteiger partial charge on any atom is 0.335 e. The maximum atomic E-state index is 11.1. The Hall–Kier alpha value is -2.56. The first-order valence-electron chi connectivity index (χ1n) is 6.18. The smallest absolute Gasteiger partial charge is 0.335 e. The molecule has 2 aromatic rings. The Kier molecular flexibility index (Phi) is 4.20. The molecule has 1 aromatic carbocycles. The summed E-state index contributed by atoms with van der Waals surface area (Å²) in [6, 6.07) is 9.95. The van der Waals surface area contributed by atoms with E-state index in [4.69, 9.17) is 14.6 Å². The van der Waals surface area contributed by atoms with Gasteiger partial charge in [0.25, 0.3) is 0 Å². The lowest BCUT2D eigenvalue weighted by molar-refractivity contribution is 0.0696. The first-order chi connectivity index (χ1) is 9.62. The fourth-order valence-corrected chi connectivity index (χ4v) is 1.68. The SMILES string of the molecule is CCc1cc(C(=O)O)cc(Oc2ccc(OC)cc2)n1. The highest BCUT2D eigenvalue weighted by Crippen LogP contribution is 2.23. The molecule has 0 saturated heterocycles. The second-order valence-electron chi connectivity index (χ2n) is 4.12. The van der Waals surface area contributed by atoms with Gasteiger partial charge in [0.1, 0.15) is 11.5 Å². The van der Waals surface area contributed by atoms with Crippen molar-refractivity contribution in [2.75, 3.05) is 7.11 Å². The number of benzene rings is 1. The molecule has 0 aliphatic rings. The van der Waals surface area contributed by atoms with Gasteiger partial charge in [-0.1, -0.05) is 6.92 Å². The van der Waals surface area contributed by atoms with Crippen molar-refractivity contribution in [3.63, 3.8) is 0 Å². The highest BCUT2D eigenvalue weighted by Gasteiger charge is 2.09. The third-order valence-corrected chi connectivity index (χ3v) is 2.75. The fraction of sp³-hybridized carbons (Fsp3) is 0.200. The number of hydrogen-bond acceptors (Lipinski definition) is 4. The first-order valence-corrected chi connectivity index (χ1v) is 6.18. The Bertz CT molecular complexity index is 608. The number of carboxylic acids is 1. The lowest BCUT2D eigenvalue weighted by atomic mass is 10.2.